The van der Waals surface area contributed by atoms with Crippen LogP contribution >= 0.6 is 0 Å². The Morgan fingerprint density at radius 1 is 1.33 bits per heavy atom. The Kier molecular flexibility index (Phi) is 3.94. The highest BCUT2D eigenvalue weighted by molar-refractivity contribution is 5.91. The maximum absolute atomic E-state index is 12.3. The van der Waals surface area contributed by atoms with Gasteiger partial charge in [-0.1, -0.05) is 26.0 Å². The first kappa shape index (κ1) is 15.4. The number of nitrogens with one attached hydrogen (secondary N) is 1. The van der Waals surface area contributed by atoms with Crippen molar-refractivity contribution in [2.45, 2.75) is 26.8 Å². The van der Waals surface area contributed by atoms with Gasteiger partial charge in [-0.15, -0.1) is 0 Å². The predicted octanol–water partition coefficient (Wildman–Crippen LogP) is 2.23. The van der Waals surface area contributed by atoms with Gasteiger partial charge in [-0.25, -0.2) is 0 Å². The SMILES string of the molecule is COc1cccc(C(C)NC(=O)C2C(C(=O)O)C2(C)C)c1. The summed E-state index contributed by atoms with van der Waals surface area (Å²) < 4.78 is 5.16. The predicted molar refractivity (Wildman–Crippen MR) is 77.9 cm³/mol. The van der Waals surface area contributed by atoms with Crippen LogP contribution in [0.2, 0.25) is 0 Å². The zero-order valence-electron chi connectivity index (χ0n) is 12.7. The minimum Gasteiger partial charge on any atom is -0.497 e. The molecule has 21 heavy (non-hydrogen) atoms. The van der Waals surface area contributed by atoms with E-state index in [0.29, 0.717) is 0 Å². The lowest BCUT2D eigenvalue weighted by Crippen LogP contribution is -2.30. The lowest BCUT2D eigenvalue weighted by atomic mass is 10.1. The zero-order chi connectivity index (χ0) is 15.8. The summed E-state index contributed by atoms with van der Waals surface area (Å²) in [6, 6.07) is 7.26. The minimum absolute atomic E-state index is 0.196. The van der Waals surface area contributed by atoms with Gasteiger partial charge in [0.25, 0.3) is 0 Å². The second-order valence-electron chi connectivity index (χ2n) is 6.12. The molecule has 5 nitrogen and oxygen atoms in total. The highest BCUT2D eigenvalue weighted by Crippen LogP contribution is 2.58. The van der Waals surface area contributed by atoms with Gasteiger partial charge in [-0.2, -0.15) is 0 Å². The summed E-state index contributed by atoms with van der Waals surface area (Å²) in [4.78, 5) is 23.4. The molecule has 1 aromatic rings. The standard InChI is InChI=1S/C16H21NO4/c1-9(10-6-5-7-11(8-10)21-4)17-14(18)12-13(15(19)20)16(12,2)3/h5-9,12-13H,1-4H3,(H,17,18)(H,19,20). The van der Waals surface area contributed by atoms with Crippen molar-refractivity contribution < 1.29 is 19.4 Å². The zero-order valence-corrected chi connectivity index (χ0v) is 12.7. The fraction of sp³-hybridized carbons (Fsp3) is 0.500. The monoisotopic (exact) mass is 291 g/mol. The molecule has 1 saturated carbocycles. The third kappa shape index (κ3) is 2.86. The first-order valence-corrected chi connectivity index (χ1v) is 6.96. The average Bonchev–Trinajstić information content (AvgIpc) is 3.02. The van der Waals surface area contributed by atoms with Gasteiger partial charge in [0.2, 0.25) is 5.91 Å². The van der Waals surface area contributed by atoms with E-state index in [1.807, 2.05) is 45.0 Å². The normalized spacial score (nSPS) is 24.0. The molecule has 0 radical (unpaired) electrons. The van der Waals surface area contributed by atoms with Gasteiger partial charge in [0.05, 0.1) is 25.0 Å². The van der Waals surface area contributed by atoms with E-state index in [9.17, 15) is 9.59 Å². The van der Waals surface area contributed by atoms with Gasteiger partial charge in [-0.3, -0.25) is 9.59 Å². The molecule has 1 amide bonds. The Morgan fingerprint density at radius 3 is 2.52 bits per heavy atom. The van der Waals surface area contributed by atoms with Crippen LogP contribution in [0, 0.1) is 17.3 Å². The molecule has 1 aliphatic rings. The van der Waals surface area contributed by atoms with Crippen molar-refractivity contribution in [3.63, 3.8) is 0 Å². The van der Waals surface area contributed by atoms with Gasteiger partial charge in [-0.05, 0) is 30.0 Å². The number of rotatable bonds is 5. The van der Waals surface area contributed by atoms with Crippen molar-refractivity contribution in [3.05, 3.63) is 29.8 Å². The van der Waals surface area contributed by atoms with Gasteiger partial charge in [0.1, 0.15) is 5.75 Å². The third-order valence-electron chi connectivity index (χ3n) is 4.33. The van der Waals surface area contributed by atoms with Crippen LogP contribution in [-0.4, -0.2) is 24.1 Å². The van der Waals surface area contributed by atoms with E-state index < -0.39 is 23.2 Å². The number of ether oxygens (including phenoxy) is 1. The first-order valence-electron chi connectivity index (χ1n) is 6.96. The third-order valence-corrected chi connectivity index (χ3v) is 4.33. The number of carbonyl (C=O) groups is 2. The molecular weight excluding hydrogens is 270 g/mol. The molecular formula is C16H21NO4. The van der Waals surface area contributed by atoms with E-state index in [1.165, 1.54) is 0 Å². The summed E-state index contributed by atoms with van der Waals surface area (Å²) in [5.41, 5.74) is 0.442. The lowest BCUT2D eigenvalue weighted by molar-refractivity contribution is -0.140. The molecule has 1 fully saturated rings. The van der Waals surface area contributed by atoms with Crippen molar-refractivity contribution in [1.29, 1.82) is 0 Å². The van der Waals surface area contributed by atoms with Gasteiger partial charge in [0, 0.05) is 0 Å². The Bertz CT molecular complexity index is 567. The minimum atomic E-state index is -0.908. The molecule has 0 aliphatic heterocycles. The number of carbonyl (C=O) groups excluding carboxylic acids is 1. The van der Waals surface area contributed by atoms with Crippen molar-refractivity contribution in [2.75, 3.05) is 7.11 Å². The van der Waals surface area contributed by atoms with E-state index in [-0.39, 0.29) is 11.9 Å². The van der Waals surface area contributed by atoms with Gasteiger partial charge in [0.15, 0.2) is 0 Å². The number of carboxylic acid groups (broad SMARTS) is 1. The fourth-order valence-corrected chi connectivity index (χ4v) is 2.89. The summed E-state index contributed by atoms with van der Waals surface area (Å²) >= 11 is 0. The van der Waals surface area contributed by atoms with Crippen LogP contribution in [0.4, 0.5) is 0 Å². The molecule has 0 spiro atoms. The van der Waals surface area contributed by atoms with Crippen LogP contribution in [0.1, 0.15) is 32.4 Å². The molecule has 0 heterocycles. The number of benzene rings is 1. The Morgan fingerprint density at radius 2 is 2.00 bits per heavy atom. The second-order valence-corrected chi connectivity index (χ2v) is 6.12. The molecule has 5 heteroatoms. The van der Waals surface area contributed by atoms with Crippen LogP contribution in [-0.2, 0) is 9.59 Å². The molecule has 114 valence electrons. The summed E-state index contributed by atoms with van der Waals surface area (Å²) in [6.45, 7) is 5.50. The maximum Gasteiger partial charge on any atom is 0.307 e. The maximum atomic E-state index is 12.3. The summed E-state index contributed by atoms with van der Waals surface area (Å²) in [7, 11) is 1.59. The fourth-order valence-electron chi connectivity index (χ4n) is 2.89. The summed E-state index contributed by atoms with van der Waals surface area (Å²) in [5.74, 6) is -1.46. The Hall–Kier alpha value is -2.04. The molecule has 3 unspecified atom stereocenters. The van der Waals surface area contributed by atoms with Gasteiger partial charge >= 0.3 is 5.97 Å². The van der Waals surface area contributed by atoms with Crippen molar-refractivity contribution >= 4 is 11.9 Å². The van der Waals surface area contributed by atoms with Crippen molar-refractivity contribution in [2.24, 2.45) is 17.3 Å². The molecule has 3 atom stereocenters. The van der Waals surface area contributed by atoms with E-state index in [0.717, 1.165) is 11.3 Å². The van der Waals surface area contributed by atoms with Crippen LogP contribution in [0.3, 0.4) is 0 Å². The summed E-state index contributed by atoms with van der Waals surface area (Å²) in [5, 5.41) is 12.0. The quantitative estimate of drug-likeness (QED) is 0.872. The van der Waals surface area contributed by atoms with Crippen LogP contribution in [0.15, 0.2) is 24.3 Å². The van der Waals surface area contributed by atoms with Crippen molar-refractivity contribution in [1.82, 2.24) is 5.32 Å². The highest BCUT2D eigenvalue weighted by atomic mass is 16.5. The first-order chi connectivity index (χ1) is 9.78. The second kappa shape index (κ2) is 5.39. The smallest absolute Gasteiger partial charge is 0.307 e. The number of methoxy groups -OCH3 is 1. The molecule has 2 N–H and O–H groups in total. The van der Waals surface area contributed by atoms with Crippen LogP contribution in [0.25, 0.3) is 0 Å². The molecule has 1 aliphatic carbocycles. The largest absolute Gasteiger partial charge is 0.497 e. The molecule has 0 aromatic heterocycles. The molecule has 1 aromatic carbocycles. The Labute approximate surface area is 124 Å². The molecule has 2 rings (SSSR count). The lowest BCUT2D eigenvalue weighted by Gasteiger charge is -2.15. The van der Waals surface area contributed by atoms with E-state index in [4.69, 9.17) is 9.84 Å². The Balaban J connectivity index is 2.05. The number of hydrogen-bond acceptors (Lipinski definition) is 3. The number of aliphatic carboxylic acids is 1. The van der Waals surface area contributed by atoms with Crippen molar-refractivity contribution in [3.8, 4) is 5.75 Å². The number of amides is 1. The molecule has 0 saturated heterocycles. The topological polar surface area (TPSA) is 75.6 Å². The van der Waals surface area contributed by atoms with E-state index in [2.05, 4.69) is 5.32 Å². The van der Waals surface area contributed by atoms with Gasteiger partial charge < -0.3 is 15.2 Å². The average molecular weight is 291 g/mol. The number of carboxylic acids is 1. The molecule has 0 bridgehead atoms. The van der Waals surface area contributed by atoms with Crippen LogP contribution in [0.5, 0.6) is 5.75 Å². The highest BCUT2D eigenvalue weighted by Gasteiger charge is 2.65. The number of hydrogen-bond donors (Lipinski definition) is 2. The summed E-state index contributed by atoms with van der Waals surface area (Å²) in [6.07, 6.45) is 0. The van der Waals surface area contributed by atoms with Crippen LogP contribution < -0.4 is 10.1 Å². The van der Waals surface area contributed by atoms with E-state index in [1.54, 1.807) is 7.11 Å². The van der Waals surface area contributed by atoms with E-state index >= 15 is 0 Å².